The first-order chi connectivity index (χ1) is 8.18. The lowest BCUT2D eigenvalue weighted by Gasteiger charge is -2.40. The molecule has 0 spiro atoms. The Balaban J connectivity index is 2.10. The standard InChI is InChI=1S/C14H22N2O/c1-3-14(2)8-10-16(11-9-14)13-7-5-4-6-12(13)15-17/h4-7,15,17H,3,8-11H2,1-2H3. The predicted octanol–water partition coefficient (Wildman–Crippen LogP) is 3.50. The monoisotopic (exact) mass is 234 g/mol. The van der Waals surface area contributed by atoms with E-state index in [1.807, 2.05) is 18.2 Å². The molecule has 1 aromatic rings. The molecule has 0 bridgehead atoms. The lowest BCUT2D eigenvalue weighted by atomic mass is 9.78. The lowest BCUT2D eigenvalue weighted by molar-refractivity contribution is 0.238. The number of para-hydroxylation sites is 2. The molecule has 0 saturated carbocycles. The molecule has 0 unspecified atom stereocenters. The van der Waals surface area contributed by atoms with Crippen LogP contribution in [-0.4, -0.2) is 18.3 Å². The fraction of sp³-hybridized carbons (Fsp3) is 0.571. The largest absolute Gasteiger partial charge is 0.370 e. The number of hydrogen-bond acceptors (Lipinski definition) is 3. The van der Waals surface area contributed by atoms with Gasteiger partial charge in [-0.2, -0.15) is 0 Å². The van der Waals surface area contributed by atoms with E-state index in [0.717, 1.165) is 24.5 Å². The van der Waals surface area contributed by atoms with Crippen LogP contribution in [0.3, 0.4) is 0 Å². The molecule has 0 amide bonds. The van der Waals surface area contributed by atoms with Gasteiger partial charge in [-0.05, 0) is 30.4 Å². The molecule has 2 N–H and O–H groups in total. The second-order valence-corrected chi connectivity index (χ2v) is 5.28. The van der Waals surface area contributed by atoms with E-state index in [9.17, 15) is 0 Å². The van der Waals surface area contributed by atoms with Crippen molar-refractivity contribution in [3.05, 3.63) is 24.3 Å². The molecule has 1 fully saturated rings. The van der Waals surface area contributed by atoms with Crippen LogP contribution in [0.5, 0.6) is 0 Å². The summed E-state index contributed by atoms with van der Waals surface area (Å²) in [5.41, 5.74) is 4.69. The molecule has 1 aliphatic heterocycles. The van der Waals surface area contributed by atoms with Crippen molar-refractivity contribution in [2.45, 2.75) is 33.1 Å². The fourth-order valence-corrected chi connectivity index (χ4v) is 2.48. The van der Waals surface area contributed by atoms with E-state index < -0.39 is 0 Å². The Morgan fingerprint density at radius 2 is 1.94 bits per heavy atom. The Hall–Kier alpha value is -1.22. The van der Waals surface area contributed by atoms with E-state index in [-0.39, 0.29) is 0 Å². The Morgan fingerprint density at radius 3 is 2.53 bits per heavy atom. The van der Waals surface area contributed by atoms with Gasteiger partial charge in [-0.15, -0.1) is 0 Å². The van der Waals surface area contributed by atoms with Gasteiger partial charge in [-0.1, -0.05) is 32.4 Å². The highest BCUT2D eigenvalue weighted by atomic mass is 16.5. The Labute approximate surface area is 103 Å². The average Bonchev–Trinajstić information content (AvgIpc) is 2.40. The van der Waals surface area contributed by atoms with Gasteiger partial charge in [-0.25, -0.2) is 0 Å². The lowest BCUT2D eigenvalue weighted by Crippen LogP contribution is -2.38. The summed E-state index contributed by atoms with van der Waals surface area (Å²) < 4.78 is 0. The van der Waals surface area contributed by atoms with E-state index in [1.165, 1.54) is 19.3 Å². The Bertz CT molecular complexity index is 370. The van der Waals surface area contributed by atoms with Crippen LogP contribution in [0.25, 0.3) is 0 Å². The summed E-state index contributed by atoms with van der Waals surface area (Å²) in [5.74, 6) is 0. The molecule has 3 nitrogen and oxygen atoms in total. The number of rotatable bonds is 3. The second kappa shape index (κ2) is 4.96. The van der Waals surface area contributed by atoms with E-state index in [2.05, 4.69) is 30.3 Å². The summed E-state index contributed by atoms with van der Waals surface area (Å²) in [6.07, 6.45) is 3.70. The number of piperidine rings is 1. The summed E-state index contributed by atoms with van der Waals surface area (Å²) in [4.78, 5) is 2.36. The molecular formula is C14H22N2O. The van der Waals surface area contributed by atoms with Crippen LogP contribution in [0.15, 0.2) is 24.3 Å². The van der Waals surface area contributed by atoms with Crippen LogP contribution in [0.2, 0.25) is 0 Å². The predicted molar refractivity (Wildman–Crippen MR) is 71.7 cm³/mol. The van der Waals surface area contributed by atoms with Gasteiger partial charge in [0, 0.05) is 13.1 Å². The van der Waals surface area contributed by atoms with Crippen molar-refractivity contribution in [1.29, 1.82) is 0 Å². The van der Waals surface area contributed by atoms with Crippen molar-refractivity contribution in [2.75, 3.05) is 23.5 Å². The van der Waals surface area contributed by atoms with E-state index in [1.54, 1.807) is 0 Å². The topological polar surface area (TPSA) is 35.5 Å². The normalized spacial score (nSPS) is 19.1. The van der Waals surface area contributed by atoms with E-state index in [4.69, 9.17) is 5.21 Å². The minimum atomic E-state index is 0.498. The molecule has 17 heavy (non-hydrogen) atoms. The first-order valence-corrected chi connectivity index (χ1v) is 6.42. The minimum Gasteiger partial charge on any atom is -0.370 e. The molecule has 3 heteroatoms. The molecular weight excluding hydrogens is 212 g/mol. The summed E-state index contributed by atoms with van der Waals surface area (Å²) >= 11 is 0. The summed E-state index contributed by atoms with van der Waals surface area (Å²) in [5, 5.41) is 9.12. The molecule has 1 saturated heterocycles. The highest BCUT2D eigenvalue weighted by Gasteiger charge is 2.28. The quantitative estimate of drug-likeness (QED) is 0.786. The number of nitrogens with zero attached hydrogens (tertiary/aromatic N) is 1. The van der Waals surface area contributed by atoms with Crippen molar-refractivity contribution >= 4 is 11.4 Å². The third kappa shape index (κ3) is 2.55. The maximum atomic E-state index is 9.12. The van der Waals surface area contributed by atoms with Crippen LogP contribution in [0.4, 0.5) is 11.4 Å². The van der Waals surface area contributed by atoms with Gasteiger partial charge >= 0.3 is 0 Å². The summed E-state index contributed by atoms with van der Waals surface area (Å²) in [6.45, 7) is 6.80. The van der Waals surface area contributed by atoms with E-state index in [0.29, 0.717) is 5.41 Å². The zero-order valence-electron chi connectivity index (χ0n) is 10.7. The smallest absolute Gasteiger partial charge is 0.0835 e. The van der Waals surface area contributed by atoms with Crippen LogP contribution in [-0.2, 0) is 0 Å². The molecule has 0 aromatic heterocycles. The van der Waals surface area contributed by atoms with Crippen LogP contribution < -0.4 is 10.4 Å². The van der Waals surface area contributed by atoms with Crippen molar-refractivity contribution in [2.24, 2.45) is 5.41 Å². The van der Waals surface area contributed by atoms with Crippen LogP contribution >= 0.6 is 0 Å². The summed E-state index contributed by atoms with van der Waals surface area (Å²) in [7, 11) is 0. The maximum Gasteiger partial charge on any atom is 0.0835 e. The van der Waals surface area contributed by atoms with Crippen LogP contribution in [0, 0.1) is 5.41 Å². The van der Waals surface area contributed by atoms with Gasteiger partial charge < -0.3 is 4.90 Å². The van der Waals surface area contributed by atoms with Gasteiger partial charge in [0.15, 0.2) is 0 Å². The minimum absolute atomic E-state index is 0.498. The number of anilines is 2. The average molecular weight is 234 g/mol. The van der Waals surface area contributed by atoms with Gasteiger partial charge in [0.25, 0.3) is 0 Å². The molecule has 94 valence electrons. The summed E-state index contributed by atoms with van der Waals surface area (Å²) in [6, 6.07) is 7.92. The van der Waals surface area contributed by atoms with Crippen molar-refractivity contribution in [1.82, 2.24) is 0 Å². The van der Waals surface area contributed by atoms with E-state index >= 15 is 0 Å². The second-order valence-electron chi connectivity index (χ2n) is 5.28. The van der Waals surface area contributed by atoms with Crippen molar-refractivity contribution < 1.29 is 5.21 Å². The third-order valence-electron chi connectivity index (χ3n) is 4.19. The SMILES string of the molecule is CCC1(C)CCN(c2ccccc2NO)CC1. The molecule has 0 atom stereocenters. The maximum absolute atomic E-state index is 9.12. The highest BCUT2D eigenvalue weighted by Crippen LogP contribution is 2.37. The van der Waals surface area contributed by atoms with Crippen LogP contribution in [0.1, 0.15) is 33.1 Å². The first-order valence-electron chi connectivity index (χ1n) is 6.42. The molecule has 1 aromatic carbocycles. The molecule has 0 aliphatic carbocycles. The van der Waals surface area contributed by atoms with Crippen molar-refractivity contribution in [3.8, 4) is 0 Å². The molecule has 2 rings (SSSR count). The molecule has 0 radical (unpaired) electrons. The number of benzene rings is 1. The van der Waals surface area contributed by atoms with Crippen molar-refractivity contribution in [3.63, 3.8) is 0 Å². The van der Waals surface area contributed by atoms with Gasteiger partial charge in [0.2, 0.25) is 0 Å². The highest BCUT2D eigenvalue weighted by molar-refractivity contribution is 5.69. The van der Waals surface area contributed by atoms with Gasteiger partial charge in [-0.3, -0.25) is 10.7 Å². The Morgan fingerprint density at radius 1 is 1.29 bits per heavy atom. The van der Waals surface area contributed by atoms with Gasteiger partial charge in [0.05, 0.1) is 11.4 Å². The zero-order valence-corrected chi connectivity index (χ0v) is 10.7. The zero-order chi connectivity index (χ0) is 12.3. The molecule has 1 heterocycles. The van der Waals surface area contributed by atoms with Gasteiger partial charge in [0.1, 0.15) is 0 Å². The first kappa shape index (κ1) is 12.2. The fourth-order valence-electron chi connectivity index (χ4n) is 2.48. The Kier molecular flexibility index (Phi) is 3.57. The number of hydrogen-bond donors (Lipinski definition) is 2. The molecule has 1 aliphatic rings. The number of nitrogens with one attached hydrogen (secondary N) is 1. The third-order valence-corrected chi connectivity index (χ3v) is 4.19.